The molecule has 2 aliphatic rings. The lowest BCUT2D eigenvalue weighted by atomic mass is 9.90. The Bertz CT molecular complexity index is 774. The number of nitrogens with one attached hydrogen (secondary N) is 1. The molecule has 126 valence electrons. The third-order valence-corrected chi connectivity index (χ3v) is 4.25. The third kappa shape index (κ3) is 3.02. The summed E-state index contributed by atoms with van der Waals surface area (Å²) < 4.78 is 1.78. The first-order valence-electron chi connectivity index (χ1n) is 7.94. The molecule has 3 rings (SSSR count). The highest BCUT2D eigenvalue weighted by Gasteiger charge is 2.45. The number of nitrogens with zero attached hydrogens (tertiary/aromatic N) is 4. The lowest BCUT2D eigenvalue weighted by molar-refractivity contribution is -0.134. The monoisotopic (exact) mass is 327 g/mol. The van der Waals surface area contributed by atoms with E-state index in [4.69, 9.17) is 0 Å². The number of aryl methyl sites for hydroxylation is 1. The van der Waals surface area contributed by atoms with Gasteiger partial charge < -0.3 is 10.2 Å². The Morgan fingerprint density at radius 1 is 1.42 bits per heavy atom. The van der Waals surface area contributed by atoms with Gasteiger partial charge in [0.1, 0.15) is 11.4 Å². The maximum absolute atomic E-state index is 12.8. The van der Waals surface area contributed by atoms with Crippen LogP contribution in [-0.2, 0) is 16.1 Å². The molecular formula is C17H21N5O2. The number of amidine groups is 1. The molecule has 1 N–H and O–H groups in total. The van der Waals surface area contributed by atoms with E-state index in [0.717, 1.165) is 11.3 Å². The molecule has 7 nitrogen and oxygen atoms in total. The number of hydrogen-bond donors (Lipinski definition) is 1. The van der Waals surface area contributed by atoms with Crippen molar-refractivity contribution in [2.45, 2.75) is 39.3 Å². The second-order valence-corrected chi connectivity index (χ2v) is 6.36. The van der Waals surface area contributed by atoms with Gasteiger partial charge in [-0.25, -0.2) is 0 Å². The van der Waals surface area contributed by atoms with Crippen LogP contribution in [0.2, 0.25) is 0 Å². The summed E-state index contributed by atoms with van der Waals surface area (Å²) in [4.78, 5) is 30.6. The summed E-state index contributed by atoms with van der Waals surface area (Å²) in [7, 11) is 0. The second-order valence-electron chi connectivity index (χ2n) is 6.36. The van der Waals surface area contributed by atoms with Crippen LogP contribution in [0.3, 0.4) is 0 Å². The van der Waals surface area contributed by atoms with E-state index in [-0.39, 0.29) is 18.2 Å². The van der Waals surface area contributed by atoms with Crippen LogP contribution < -0.4 is 5.32 Å². The molecule has 1 aromatic rings. The molecule has 1 atom stereocenters. The lowest BCUT2D eigenvalue weighted by Crippen LogP contribution is -2.60. The largest absolute Gasteiger partial charge is 0.352 e. The van der Waals surface area contributed by atoms with Gasteiger partial charge in [-0.3, -0.25) is 14.3 Å². The van der Waals surface area contributed by atoms with Gasteiger partial charge in [-0.2, -0.15) is 10.1 Å². The van der Waals surface area contributed by atoms with Gasteiger partial charge in [0.2, 0.25) is 5.91 Å². The molecule has 0 radical (unpaired) electrons. The van der Waals surface area contributed by atoms with Gasteiger partial charge in [0, 0.05) is 18.9 Å². The van der Waals surface area contributed by atoms with E-state index in [0.29, 0.717) is 18.9 Å². The quantitative estimate of drug-likeness (QED) is 0.900. The molecule has 0 spiro atoms. The third-order valence-electron chi connectivity index (χ3n) is 4.25. The average Bonchev–Trinajstić information content (AvgIpc) is 2.91. The van der Waals surface area contributed by atoms with Crippen molar-refractivity contribution in [1.29, 1.82) is 0 Å². The van der Waals surface area contributed by atoms with Crippen LogP contribution in [0.4, 0.5) is 0 Å². The van der Waals surface area contributed by atoms with Crippen LogP contribution in [0, 0.1) is 6.92 Å². The van der Waals surface area contributed by atoms with Crippen LogP contribution in [0.5, 0.6) is 0 Å². The van der Waals surface area contributed by atoms with E-state index in [1.807, 2.05) is 44.5 Å². The molecule has 24 heavy (non-hydrogen) atoms. The standard InChI is InChI=1S/C17H21N5O2/c1-12-4-8-22-14(10-12)19-15(23)11-17(22,3)16(24)18-6-9-21-7-5-13(2)20-21/h4-5,7-8,10H,6,9,11H2,1-3H3,(H,18,24)/t17-/m1/s1. The van der Waals surface area contributed by atoms with E-state index in [1.54, 1.807) is 16.5 Å². The van der Waals surface area contributed by atoms with Gasteiger partial charge in [-0.1, -0.05) is 0 Å². The summed E-state index contributed by atoms with van der Waals surface area (Å²) in [5, 5.41) is 7.20. The number of aromatic nitrogens is 2. The zero-order valence-electron chi connectivity index (χ0n) is 14.1. The van der Waals surface area contributed by atoms with Crippen molar-refractivity contribution in [1.82, 2.24) is 20.0 Å². The highest BCUT2D eigenvalue weighted by Crippen LogP contribution is 2.29. The fourth-order valence-corrected chi connectivity index (χ4v) is 2.89. The van der Waals surface area contributed by atoms with Crippen molar-refractivity contribution < 1.29 is 9.59 Å². The van der Waals surface area contributed by atoms with Crippen molar-refractivity contribution in [3.8, 4) is 0 Å². The van der Waals surface area contributed by atoms with Gasteiger partial charge in [0.05, 0.1) is 18.7 Å². The number of carbonyl (C=O) groups is 2. The average molecular weight is 327 g/mol. The van der Waals surface area contributed by atoms with Gasteiger partial charge in [0.15, 0.2) is 0 Å². The molecule has 0 fully saturated rings. The summed E-state index contributed by atoms with van der Waals surface area (Å²) in [6.07, 6.45) is 7.47. The number of hydrogen-bond acceptors (Lipinski definition) is 4. The predicted octanol–water partition coefficient (Wildman–Crippen LogP) is 1.17. The van der Waals surface area contributed by atoms with Crippen molar-refractivity contribution >= 4 is 17.6 Å². The van der Waals surface area contributed by atoms with Crippen molar-refractivity contribution in [2.75, 3.05) is 6.54 Å². The van der Waals surface area contributed by atoms with Crippen LogP contribution in [0.15, 0.2) is 41.2 Å². The lowest BCUT2D eigenvalue weighted by Gasteiger charge is -2.42. The van der Waals surface area contributed by atoms with Gasteiger partial charge in [-0.05, 0) is 44.6 Å². The summed E-state index contributed by atoms with van der Waals surface area (Å²) in [5.74, 6) is 0.0530. The summed E-state index contributed by atoms with van der Waals surface area (Å²) in [6.45, 7) is 6.65. The van der Waals surface area contributed by atoms with Crippen molar-refractivity contribution in [3.63, 3.8) is 0 Å². The number of fused-ring (bicyclic) bond motifs is 1. The minimum atomic E-state index is -0.970. The van der Waals surface area contributed by atoms with Crippen LogP contribution in [-0.4, -0.2) is 44.4 Å². The summed E-state index contributed by atoms with van der Waals surface area (Å²) >= 11 is 0. The van der Waals surface area contributed by atoms with Crippen LogP contribution in [0.1, 0.15) is 26.0 Å². The number of aliphatic imine (C=N–C) groups is 1. The SMILES string of the molecule is CC1=CC2=NC(=O)C[C@](C)(C(=O)NCCn3ccc(C)n3)N2C=C1. The van der Waals surface area contributed by atoms with E-state index in [9.17, 15) is 9.59 Å². The highest BCUT2D eigenvalue weighted by atomic mass is 16.2. The molecule has 0 saturated carbocycles. The zero-order valence-corrected chi connectivity index (χ0v) is 14.1. The molecular weight excluding hydrogens is 306 g/mol. The Labute approximate surface area is 140 Å². The van der Waals surface area contributed by atoms with E-state index >= 15 is 0 Å². The second kappa shape index (κ2) is 6.07. The van der Waals surface area contributed by atoms with E-state index < -0.39 is 5.54 Å². The van der Waals surface area contributed by atoms with Gasteiger partial charge in [-0.15, -0.1) is 0 Å². The van der Waals surface area contributed by atoms with Crippen LogP contribution >= 0.6 is 0 Å². The molecule has 0 saturated heterocycles. The summed E-state index contributed by atoms with van der Waals surface area (Å²) in [5.41, 5.74) is 0.964. The van der Waals surface area contributed by atoms with E-state index in [2.05, 4.69) is 15.4 Å². The predicted molar refractivity (Wildman–Crippen MR) is 90.2 cm³/mol. The first-order chi connectivity index (χ1) is 11.4. The van der Waals surface area contributed by atoms with Crippen LogP contribution in [0.25, 0.3) is 0 Å². The summed E-state index contributed by atoms with van der Waals surface area (Å²) in [6, 6.07) is 1.92. The Morgan fingerprint density at radius 2 is 2.21 bits per heavy atom. The Hall–Kier alpha value is -2.70. The molecule has 2 amide bonds. The number of allylic oxidation sites excluding steroid dienone is 2. The number of amides is 2. The first kappa shape index (κ1) is 16.2. The molecule has 0 bridgehead atoms. The molecule has 7 heteroatoms. The molecule has 0 unspecified atom stereocenters. The number of rotatable bonds is 4. The highest BCUT2D eigenvalue weighted by molar-refractivity contribution is 6.09. The normalized spacial score (nSPS) is 22.8. The minimum Gasteiger partial charge on any atom is -0.352 e. The number of carbonyl (C=O) groups excluding carboxylic acids is 2. The zero-order chi connectivity index (χ0) is 17.3. The molecule has 3 heterocycles. The topological polar surface area (TPSA) is 79.6 Å². The Kier molecular flexibility index (Phi) is 4.09. The first-order valence-corrected chi connectivity index (χ1v) is 7.94. The fraction of sp³-hybridized carbons (Fsp3) is 0.412. The molecule has 0 aromatic carbocycles. The minimum absolute atomic E-state index is 0.0560. The fourth-order valence-electron chi connectivity index (χ4n) is 2.89. The molecule has 0 aliphatic carbocycles. The molecule has 2 aliphatic heterocycles. The van der Waals surface area contributed by atoms with Gasteiger partial charge >= 0.3 is 0 Å². The maximum Gasteiger partial charge on any atom is 0.250 e. The van der Waals surface area contributed by atoms with Gasteiger partial charge in [0.25, 0.3) is 5.91 Å². The maximum atomic E-state index is 12.8. The van der Waals surface area contributed by atoms with E-state index in [1.165, 1.54) is 0 Å². The Morgan fingerprint density at radius 3 is 2.92 bits per heavy atom. The van der Waals surface area contributed by atoms with Crippen molar-refractivity contribution in [2.24, 2.45) is 4.99 Å². The Balaban J connectivity index is 1.70. The van der Waals surface area contributed by atoms with Crippen molar-refractivity contribution in [3.05, 3.63) is 41.9 Å². The smallest absolute Gasteiger partial charge is 0.250 e. The molecule has 1 aromatic heterocycles.